The predicted molar refractivity (Wildman–Crippen MR) is 61.8 cm³/mol. The summed E-state index contributed by atoms with van der Waals surface area (Å²) in [6, 6.07) is 5.88. The molecule has 17 heavy (non-hydrogen) atoms. The molecule has 0 aromatic heterocycles. The molecule has 88 valence electrons. The van der Waals surface area contributed by atoms with Crippen LogP contribution >= 0.6 is 23.2 Å². The van der Waals surface area contributed by atoms with Crippen LogP contribution in [0, 0.1) is 17.5 Å². The summed E-state index contributed by atoms with van der Waals surface area (Å²) in [5.41, 5.74) is -0.494. The van der Waals surface area contributed by atoms with E-state index in [1.165, 1.54) is 18.2 Å². The van der Waals surface area contributed by atoms with E-state index in [9.17, 15) is 13.2 Å². The zero-order chi connectivity index (χ0) is 12.6. The second kappa shape index (κ2) is 4.59. The Morgan fingerprint density at radius 1 is 0.824 bits per heavy atom. The molecule has 0 saturated carbocycles. The molecule has 0 amide bonds. The molecule has 0 aliphatic carbocycles. The first kappa shape index (κ1) is 12.3. The zero-order valence-corrected chi connectivity index (χ0v) is 9.79. The highest BCUT2D eigenvalue weighted by molar-refractivity contribution is 6.43. The summed E-state index contributed by atoms with van der Waals surface area (Å²) in [5.74, 6) is -3.32. The van der Waals surface area contributed by atoms with E-state index in [1.54, 1.807) is 0 Å². The molecule has 2 rings (SSSR count). The van der Waals surface area contributed by atoms with E-state index in [0.717, 1.165) is 6.07 Å². The molecule has 0 aliphatic rings. The van der Waals surface area contributed by atoms with Gasteiger partial charge < -0.3 is 0 Å². The maximum atomic E-state index is 13.5. The van der Waals surface area contributed by atoms with Crippen molar-refractivity contribution in [3.05, 3.63) is 57.8 Å². The van der Waals surface area contributed by atoms with Crippen LogP contribution in [0.4, 0.5) is 13.2 Å². The van der Waals surface area contributed by atoms with Crippen molar-refractivity contribution < 1.29 is 13.2 Å². The fraction of sp³-hybridized carbons (Fsp3) is 0. The van der Waals surface area contributed by atoms with Gasteiger partial charge in [0.25, 0.3) is 0 Å². The average Bonchev–Trinajstić information content (AvgIpc) is 2.30. The fourth-order valence-corrected chi connectivity index (χ4v) is 1.87. The van der Waals surface area contributed by atoms with E-state index in [0.29, 0.717) is 6.07 Å². The Morgan fingerprint density at radius 3 is 2.18 bits per heavy atom. The molecule has 0 N–H and O–H groups in total. The second-order valence-electron chi connectivity index (χ2n) is 3.32. The number of hydrogen-bond acceptors (Lipinski definition) is 0. The normalized spacial score (nSPS) is 10.6. The van der Waals surface area contributed by atoms with Crippen LogP contribution in [0.1, 0.15) is 0 Å². The van der Waals surface area contributed by atoms with Gasteiger partial charge in [0, 0.05) is 5.56 Å². The van der Waals surface area contributed by atoms with Crippen LogP contribution in [0.15, 0.2) is 30.3 Å². The molecule has 0 radical (unpaired) electrons. The highest BCUT2D eigenvalue weighted by Gasteiger charge is 2.18. The minimum atomic E-state index is -1.28. The van der Waals surface area contributed by atoms with Gasteiger partial charge in [0.15, 0.2) is 11.6 Å². The first-order valence-electron chi connectivity index (χ1n) is 4.60. The summed E-state index contributed by atoms with van der Waals surface area (Å²) in [5, 5.41) is 0.129. The van der Waals surface area contributed by atoms with E-state index >= 15 is 0 Å². The lowest BCUT2D eigenvalue weighted by molar-refractivity contribution is 0.499. The van der Waals surface area contributed by atoms with E-state index in [-0.39, 0.29) is 15.6 Å². The van der Waals surface area contributed by atoms with Crippen molar-refractivity contribution in [1.82, 2.24) is 0 Å². The molecule has 2 aromatic rings. The van der Waals surface area contributed by atoms with Crippen LogP contribution in [-0.4, -0.2) is 0 Å². The Labute approximate surface area is 106 Å². The summed E-state index contributed by atoms with van der Waals surface area (Å²) in [4.78, 5) is 0. The third-order valence-corrected chi connectivity index (χ3v) is 3.08. The van der Waals surface area contributed by atoms with Gasteiger partial charge in [-0.2, -0.15) is 0 Å². The van der Waals surface area contributed by atoms with Crippen molar-refractivity contribution in [3.8, 4) is 11.1 Å². The first-order chi connectivity index (χ1) is 8.02. The van der Waals surface area contributed by atoms with Gasteiger partial charge in [0.2, 0.25) is 0 Å². The molecule has 0 heterocycles. The van der Waals surface area contributed by atoms with Crippen LogP contribution in [0.3, 0.4) is 0 Å². The molecule has 0 spiro atoms. The highest BCUT2D eigenvalue weighted by atomic mass is 35.5. The summed E-state index contributed by atoms with van der Waals surface area (Å²) in [7, 11) is 0. The monoisotopic (exact) mass is 276 g/mol. The first-order valence-corrected chi connectivity index (χ1v) is 5.36. The number of halogens is 5. The Bertz CT molecular complexity index is 582. The third-order valence-electron chi connectivity index (χ3n) is 2.26. The zero-order valence-electron chi connectivity index (χ0n) is 8.28. The number of rotatable bonds is 1. The number of hydrogen-bond donors (Lipinski definition) is 0. The van der Waals surface area contributed by atoms with Gasteiger partial charge in [-0.25, -0.2) is 13.2 Å². The quantitative estimate of drug-likeness (QED) is 0.638. The van der Waals surface area contributed by atoms with Crippen LogP contribution < -0.4 is 0 Å². The Morgan fingerprint density at radius 2 is 1.47 bits per heavy atom. The smallest absolute Gasteiger partial charge is 0.169 e. The van der Waals surface area contributed by atoms with Gasteiger partial charge in [-0.1, -0.05) is 35.3 Å². The molecule has 0 atom stereocenters. The van der Waals surface area contributed by atoms with Crippen LogP contribution in [-0.2, 0) is 0 Å². The van der Waals surface area contributed by atoms with Gasteiger partial charge in [-0.3, -0.25) is 0 Å². The Balaban J connectivity index is 2.77. The fourth-order valence-electron chi connectivity index (χ4n) is 1.47. The molecule has 0 fully saturated rings. The Hall–Kier alpha value is -1.19. The van der Waals surface area contributed by atoms with Crippen molar-refractivity contribution >= 4 is 23.2 Å². The highest BCUT2D eigenvalue weighted by Crippen LogP contribution is 2.36. The summed E-state index contributed by atoms with van der Waals surface area (Å²) in [6.45, 7) is 0. The number of benzene rings is 2. The van der Waals surface area contributed by atoms with Crippen LogP contribution in [0.5, 0.6) is 0 Å². The lowest BCUT2D eigenvalue weighted by Gasteiger charge is -2.08. The predicted octanol–water partition coefficient (Wildman–Crippen LogP) is 5.08. The average molecular weight is 277 g/mol. The van der Waals surface area contributed by atoms with Gasteiger partial charge in [0.05, 0.1) is 15.6 Å². The summed E-state index contributed by atoms with van der Waals surface area (Å²) >= 11 is 11.6. The Kier molecular flexibility index (Phi) is 3.31. The molecule has 2 aromatic carbocycles. The SMILES string of the molecule is Fc1ccc(F)c(-c2cccc(Cl)c2Cl)c1F. The minimum absolute atomic E-state index is 0.0161. The largest absolute Gasteiger partial charge is 0.206 e. The molecule has 0 bridgehead atoms. The van der Waals surface area contributed by atoms with Crippen LogP contribution in [0.25, 0.3) is 11.1 Å². The lowest BCUT2D eigenvalue weighted by Crippen LogP contribution is -1.94. The van der Waals surface area contributed by atoms with Crippen LogP contribution in [0.2, 0.25) is 10.0 Å². The summed E-state index contributed by atoms with van der Waals surface area (Å²) < 4.78 is 40.1. The molecular weight excluding hydrogens is 272 g/mol. The molecule has 0 nitrogen and oxygen atoms in total. The van der Waals surface area contributed by atoms with Gasteiger partial charge in [-0.15, -0.1) is 0 Å². The maximum absolute atomic E-state index is 13.5. The molecule has 0 unspecified atom stereocenters. The second-order valence-corrected chi connectivity index (χ2v) is 4.10. The topological polar surface area (TPSA) is 0 Å². The minimum Gasteiger partial charge on any atom is -0.206 e. The van der Waals surface area contributed by atoms with Crippen molar-refractivity contribution in [2.45, 2.75) is 0 Å². The van der Waals surface area contributed by atoms with E-state index in [1.807, 2.05) is 0 Å². The lowest BCUT2D eigenvalue weighted by atomic mass is 10.0. The van der Waals surface area contributed by atoms with E-state index in [4.69, 9.17) is 23.2 Å². The third kappa shape index (κ3) is 2.13. The summed E-state index contributed by atoms with van der Waals surface area (Å²) in [6.07, 6.45) is 0. The van der Waals surface area contributed by atoms with E-state index < -0.39 is 23.0 Å². The standard InChI is InChI=1S/C12H5Cl2F3/c13-7-3-1-2-6(11(7)14)10-8(15)4-5-9(16)12(10)17/h1-5H. The van der Waals surface area contributed by atoms with Gasteiger partial charge in [0.1, 0.15) is 5.82 Å². The van der Waals surface area contributed by atoms with Crippen molar-refractivity contribution in [2.75, 3.05) is 0 Å². The molecular formula is C12H5Cl2F3. The molecule has 0 saturated heterocycles. The van der Waals surface area contributed by atoms with Gasteiger partial charge in [-0.05, 0) is 18.2 Å². The van der Waals surface area contributed by atoms with Crippen molar-refractivity contribution in [2.24, 2.45) is 0 Å². The van der Waals surface area contributed by atoms with E-state index in [2.05, 4.69) is 0 Å². The van der Waals surface area contributed by atoms with Crippen molar-refractivity contribution in [1.29, 1.82) is 0 Å². The van der Waals surface area contributed by atoms with Crippen molar-refractivity contribution in [3.63, 3.8) is 0 Å². The molecule has 0 aliphatic heterocycles. The molecule has 5 heteroatoms. The maximum Gasteiger partial charge on any atom is 0.169 e. The van der Waals surface area contributed by atoms with Gasteiger partial charge >= 0.3 is 0 Å².